The number of esters is 2. The molecule has 2 aromatic carbocycles. The van der Waals surface area contributed by atoms with Gasteiger partial charge < -0.3 is 14.2 Å². The van der Waals surface area contributed by atoms with Gasteiger partial charge in [-0.3, -0.25) is 4.79 Å². The van der Waals surface area contributed by atoms with E-state index in [1.165, 1.54) is 0 Å². The van der Waals surface area contributed by atoms with Crippen LogP contribution < -0.4 is 4.74 Å². The van der Waals surface area contributed by atoms with Crippen LogP contribution in [-0.4, -0.2) is 24.1 Å². The summed E-state index contributed by atoms with van der Waals surface area (Å²) in [5, 5.41) is 0. The topological polar surface area (TPSA) is 61.8 Å². The predicted octanol–water partition coefficient (Wildman–Crippen LogP) is 8.90. The summed E-state index contributed by atoms with van der Waals surface area (Å²) in [4.78, 5) is 25.4. The molecule has 5 heteroatoms. The number of benzene rings is 2. The van der Waals surface area contributed by atoms with E-state index in [0.717, 1.165) is 61.6 Å². The lowest BCUT2D eigenvalue weighted by Crippen LogP contribution is -2.36. The van der Waals surface area contributed by atoms with Crippen molar-refractivity contribution in [1.29, 1.82) is 0 Å². The Kier molecular flexibility index (Phi) is 13.5. The second-order valence-electron chi connectivity index (χ2n) is 12.1. The lowest BCUT2D eigenvalue weighted by atomic mass is 9.81. The molecule has 2 aliphatic carbocycles. The van der Waals surface area contributed by atoms with Crippen molar-refractivity contribution in [1.82, 2.24) is 0 Å². The molecule has 0 aromatic heterocycles. The molecule has 5 nitrogen and oxygen atoms in total. The van der Waals surface area contributed by atoms with E-state index < -0.39 is 11.6 Å². The van der Waals surface area contributed by atoms with Gasteiger partial charge in [0.1, 0.15) is 5.75 Å². The molecule has 2 fully saturated rings. The number of hydrogen-bond donors (Lipinski definition) is 0. The van der Waals surface area contributed by atoms with Crippen LogP contribution in [0.4, 0.5) is 0 Å². The summed E-state index contributed by atoms with van der Waals surface area (Å²) in [6.07, 6.45) is 20.9. The van der Waals surface area contributed by atoms with Crippen LogP contribution in [0.1, 0.15) is 92.6 Å². The number of carbonyl (C=O) groups excluding carboxylic acids is 2. The highest BCUT2D eigenvalue weighted by molar-refractivity contribution is 5.90. The Morgan fingerprint density at radius 2 is 1.58 bits per heavy atom. The van der Waals surface area contributed by atoms with Crippen molar-refractivity contribution in [3.63, 3.8) is 0 Å². The van der Waals surface area contributed by atoms with E-state index in [4.69, 9.17) is 20.6 Å². The Balaban J connectivity index is 1.33. The number of terminal acetylenes is 1. The van der Waals surface area contributed by atoms with E-state index in [-0.39, 0.29) is 17.8 Å². The molecule has 0 atom stereocenters. The Bertz CT molecular complexity index is 1660. The first-order valence-corrected chi connectivity index (χ1v) is 16.8. The fourth-order valence-electron chi connectivity index (χ4n) is 5.92. The maximum atomic E-state index is 13.3. The van der Waals surface area contributed by atoms with Crippen LogP contribution in [0.3, 0.4) is 0 Å². The smallest absolute Gasteiger partial charge is 0.339 e. The molecule has 0 radical (unpaired) electrons. The molecule has 2 aliphatic rings. The lowest BCUT2D eigenvalue weighted by Gasteiger charge is -2.32. The molecule has 2 saturated carbocycles. The maximum absolute atomic E-state index is 13.3. The third-order valence-corrected chi connectivity index (χ3v) is 8.62. The fraction of sp³-hybridized carbons (Fsp3) is 0.349. The van der Waals surface area contributed by atoms with Crippen LogP contribution in [0, 0.1) is 47.9 Å². The molecule has 0 saturated heterocycles. The summed E-state index contributed by atoms with van der Waals surface area (Å²) in [6, 6.07) is 14.7. The third-order valence-electron chi connectivity index (χ3n) is 8.62. The van der Waals surface area contributed by atoms with Crippen molar-refractivity contribution >= 4 is 11.9 Å². The van der Waals surface area contributed by atoms with Crippen LogP contribution in [0.15, 0.2) is 97.3 Å². The van der Waals surface area contributed by atoms with E-state index in [1.54, 1.807) is 36.4 Å². The van der Waals surface area contributed by atoms with Gasteiger partial charge >= 0.3 is 11.9 Å². The summed E-state index contributed by atoms with van der Waals surface area (Å²) in [6.45, 7) is 10.0. The third kappa shape index (κ3) is 10.7. The molecule has 246 valence electrons. The first-order chi connectivity index (χ1) is 23.3. The predicted molar refractivity (Wildman–Crippen MR) is 191 cm³/mol. The first-order valence-electron chi connectivity index (χ1n) is 16.8. The minimum absolute atomic E-state index is 0.0459. The van der Waals surface area contributed by atoms with Crippen LogP contribution in [0.2, 0.25) is 0 Å². The largest absolute Gasteiger partial charge is 0.466 e. The highest BCUT2D eigenvalue weighted by atomic mass is 16.6. The Labute approximate surface area is 286 Å². The summed E-state index contributed by atoms with van der Waals surface area (Å²) in [5.74, 6) is 16.3. The van der Waals surface area contributed by atoms with E-state index in [2.05, 4.69) is 42.8 Å². The van der Waals surface area contributed by atoms with E-state index in [1.807, 2.05) is 43.3 Å². The molecule has 4 rings (SSSR count). The summed E-state index contributed by atoms with van der Waals surface area (Å²) < 4.78 is 17.3. The molecule has 0 heterocycles. The van der Waals surface area contributed by atoms with Gasteiger partial charge in [0.25, 0.3) is 0 Å². The number of carbonyl (C=O) groups is 2. The SMILES string of the molecule is C#CC(/C=C\CC#Cc1ccc(C#CC2(OC(=O)c3ccc(OC(=C)C4CCC(C(=O)OCC)CC4)cc3)CCCCC2)cc1)=C/C=C. The second kappa shape index (κ2) is 18.2. The van der Waals surface area contributed by atoms with Crippen molar-refractivity contribution in [3.8, 4) is 41.8 Å². The number of ether oxygens (including phenoxy) is 3. The van der Waals surface area contributed by atoms with E-state index >= 15 is 0 Å². The van der Waals surface area contributed by atoms with Crippen LogP contribution in [0.25, 0.3) is 0 Å². The van der Waals surface area contributed by atoms with Crippen molar-refractivity contribution in [2.75, 3.05) is 6.61 Å². The number of hydrogen-bond acceptors (Lipinski definition) is 5. The Morgan fingerprint density at radius 1 is 0.938 bits per heavy atom. The molecule has 48 heavy (non-hydrogen) atoms. The van der Waals surface area contributed by atoms with Crippen LogP contribution in [0.5, 0.6) is 5.75 Å². The maximum Gasteiger partial charge on any atom is 0.339 e. The zero-order chi connectivity index (χ0) is 34.2. The molecule has 2 aromatic rings. The molecule has 0 spiro atoms. The average Bonchev–Trinajstić information content (AvgIpc) is 3.11. The standard InChI is InChI=1S/C43H44O5/c1-5-14-34(6-2)15-10-8-11-16-35-17-19-36(20-18-35)29-32-43(30-12-9-13-31-43)48-42(45)39-25-27-40(28-26-39)47-33(4)37-21-23-38(24-22-37)41(44)46-7-3/h2,5,10,14-15,17-20,25-28,37-38H,1,4,7-9,12-13,21-24,30-31H2,3H3/b15-10-,34-14-. The molecule has 0 amide bonds. The van der Waals surface area contributed by atoms with Crippen molar-refractivity contribution in [2.45, 2.75) is 76.7 Å². The fourth-order valence-corrected chi connectivity index (χ4v) is 5.92. The molecule has 0 N–H and O–H groups in total. The monoisotopic (exact) mass is 640 g/mol. The van der Waals surface area contributed by atoms with Crippen molar-refractivity contribution < 1.29 is 23.8 Å². The Hall–Kier alpha value is -5.18. The van der Waals surface area contributed by atoms with Gasteiger partial charge in [-0.05, 0) is 125 Å². The minimum Gasteiger partial charge on any atom is -0.466 e. The summed E-state index contributed by atoms with van der Waals surface area (Å²) in [7, 11) is 0. The molecule has 0 unspecified atom stereocenters. The number of rotatable bonds is 10. The minimum atomic E-state index is -0.830. The van der Waals surface area contributed by atoms with Crippen LogP contribution >= 0.6 is 0 Å². The molecular formula is C43H44O5. The van der Waals surface area contributed by atoms with Gasteiger partial charge in [0.05, 0.1) is 23.8 Å². The van der Waals surface area contributed by atoms with E-state index in [0.29, 0.717) is 42.9 Å². The van der Waals surface area contributed by atoms with Gasteiger partial charge in [0, 0.05) is 29.0 Å². The quantitative estimate of drug-likeness (QED) is 0.112. The Morgan fingerprint density at radius 3 is 2.21 bits per heavy atom. The highest BCUT2D eigenvalue weighted by Gasteiger charge is 2.35. The number of allylic oxidation sites excluding steroid dienone is 6. The lowest BCUT2D eigenvalue weighted by molar-refractivity contribution is -0.149. The normalized spacial score (nSPS) is 18.5. The average molecular weight is 641 g/mol. The highest BCUT2D eigenvalue weighted by Crippen LogP contribution is 2.35. The molecule has 0 aliphatic heterocycles. The van der Waals surface area contributed by atoms with E-state index in [9.17, 15) is 9.59 Å². The van der Waals surface area contributed by atoms with Crippen molar-refractivity contribution in [2.24, 2.45) is 11.8 Å². The molecular weight excluding hydrogens is 596 g/mol. The van der Waals surface area contributed by atoms with Gasteiger partial charge in [-0.1, -0.05) is 55.4 Å². The second-order valence-corrected chi connectivity index (χ2v) is 12.1. The first kappa shape index (κ1) is 35.7. The summed E-state index contributed by atoms with van der Waals surface area (Å²) in [5.41, 5.74) is 2.10. The van der Waals surface area contributed by atoms with Gasteiger partial charge in [-0.2, -0.15) is 0 Å². The molecule has 0 bridgehead atoms. The summed E-state index contributed by atoms with van der Waals surface area (Å²) >= 11 is 0. The van der Waals surface area contributed by atoms with Gasteiger partial charge in [-0.15, -0.1) is 6.42 Å². The van der Waals surface area contributed by atoms with Crippen LogP contribution in [-0.2, 0) is 14.3 Å². The van der Waals surface area contributed by atoms with Gasteiger partial charge in [-0.25, -0.2) is 4.79 Å². The zero-order valence-corrected chi connectivity index (χ0v) is 27.9. The van der Waals surface area contributed by atoms with Crippen molar-refractivity contribution in [3.05, 3.63) is 114 Å². The van der Waals surface area contributed by atoms with Gasteiger partial charge in [0.15, 0.2) is 5.60 Å². The zero-order valence-electron chi connectivity index (χ0n) is 27.9. The van der Waals surface area contributed by atoms with Gasteiger partial charge in [0.2, 0.25) is 0 Å².